The Kier molecular flexibility index (Phi) is 5.55. The number of carbonyl (C=O) groups is 1. The third kappa shape index (κ3) is 4.90. The van der Waals surface area contributed by atoms with E-state index in [2.05, 4.69) is 5.32 Å². The summed E-state index contributed by atoms with van der Waals surface area (Å²) in [6, 6.07) is 15.7. The Morgan fingerprint density at radius 3 is 2.55 bits per heavy atom. The lowest BCUT2D eigenvalue weighted by Crippen LogP contribution is -2.29. The Morgan fingerprint density at radius 2 is 1.91 bits per heavy atom. The highest BCUT2D eigenvalue weighted by Gasteiger charge is 2.08. The van der Waals surface area contributed by atoms with Gasteiger partial charge in [-0.15, -0.1) is 0 Å². The first kappa shape index (κ1) is 16.0. The molecule has 116 valence electrons. The lowest BCUT2D eigenvalue weighted by atomic mass is 10.2. The number of benzene rings is 2. The standard InChI is InChI=1S/C18H22N2O2/c1-14-5-4-6-16(11-14)19-18(21)13-20(2)12-15-7-9-17(22-3)10-8-15/h4-11H,12-13H2,1-3H3,(H,19,21). The molecule has 0 aliphatic heterocycles. The van der Waals surface area contributed by atoms with Crippen LogP contribution < -0.4 is 10.1 Å². The summed E-state index contributed by atoms with van der Waals surface area (Å²) in [6.07, 6.45) is 0. The molecule has 0 bridgehead atoms. The smallest absolute Gasteiger partial charge is 0.238 e. The number of anilines is 1. The summed E-state index contributed by atoms with van der Waals surface area (Å²) in [4.78, 5) is 14.0. The maximum absolute atomic E-state index is 12.1. The minimum Gasteiger partial charge on any atom is -0.497 e. The Hall–Kier alpha value is -2.33. The van der Waals surface area contributed by atoms with Crippen LogP contribution >= 0.6 is 0 Å². The van der Waals surface area contributed by atoms with Crippen LogP contribution in [0.3, 0.4) is 0 Å². The first-order valence-electron chi connectivity index (χ1n) is 7.25. The van der Waals surface area contributed by atoms with E-state index in [1.54, 1.807) is 7.11 Å². The molecule has 0 spiro atoms. The van der Waals surface area contributed by atoms with Crippen LogP contribution in [0.5, 0.6) is 5.75 Å². The molecule has 0 saturated heterocycles. The van der Waals surface area contributed by atoms with Gasteiger partial charge >= 0.3 is 0 Å². The Morgan fingerprint density at radius 1 is 1.18 bits per heavy atom. The van der Waals surface area contributed by atoms with Crippen molar-refractivity contribution < 1.29 is 9.53 Å². The molecule has 0 saturated carbocycles. The van der Waals surface area contributed by atoms with E-state index < -0.39 is 0 Å². The van der Waals surface area contributed by atoms with Crippen molar-refractivity contribution >= 4 is 11.6 Å². The third-order valence-electron chi connectivity index (χ3n) is 3.33. The monoisotopic (exact) mass is 298 g/mol. The van der Waals surface area contributed by atoms with Crippen molar-refractivity contribution in [1.82, 2.24) is 4.90 Å². The molecule has 2 aromatic rings. The van der Waals surface area contributed by atoms with E-state index in [1.165, 1.54) is 0 Å². The highest BCUT2D eigenvalue weighted by atomic mass is 16.5. The lowest BCUT2D eigenvalue weighted by Gasteiger charge is -2.16. The number of rotatable bonds is 6. The van der Waals surface area contributed by atoms with Gasteiger partial charge in [0.15, 0.2) is 0 Å². The van der Waals surface area contributed by atoms with Gasteiger partial charge in [-0.1, -0.05) is 24.3 Å². The SMILES string of the molecule is COc1ccc(CN(C)CC(=O)Nc2cccc(C)c2)cc1. The molecule has 0 aliphatic rings. The van der Waals surface area contributed by atoms with Crippen LogP contribution in [0.2, 0.25) is 0 Å². The van der Waals surface area contributed by atoms with Gasteiger partial charge in [0.05, 0.1) is 13.7 Å². The highest BCUT2D eigenvalue weighted by molar-refractivity contribution is 5.92. The van der Waals surface area contributed by atoms with Gasteiger partial charge in [0, 0.05) is 12.2 Å². The maximum Gasteiger partial charge on any atom is 0.238 e. The van der Waals surface area contributed by atoms with E-state index in [0.717, 1.165) is 22.6 Å². The molecule has 22 heavy (non-hydrogen) atoms. The molecule has 1 amide bonds. The predicted octanol–water partition coefficient (Wildman–Crippen LogP) is 3.07. The third-order valence-corrected chi connectivity index (χ3v) is 3.33. The fourth-order valence-corrected chi connectivity index (χ4v) is 2.27. The van der Waals surface area contributed by atoms with E-state index in [1.807, 2.05) is 67.4 Å². The number of hydrogen-bond donors (Lipinski definition) is 1. The first-order chi connectivity index (χ1) is 10.6. The zero-order valence-electron chi connectivity index (χ0n) is 13.3. The first-order valence-corrected chi connectivity index (χ1v) is 7.25. The van der Waals surface area contributed by atoms with Gasteiger partial charge in [-0.2, -0.15) is 0 Å². The molecule has 0 fully saturated rings. The number of likely N-dealkylation sites (N-methyl/N-ethyl adjacent to an activating group) is 1. The van der Waals surface area contributed by atoms with Gasteiger partial charge < -0.3 is 10.1 Å². The molecule has 4 nitrogen and oxygen atoms in total. The van der Waals surface area contributed by atoms with Gasteiger partial charge in [-0.25, -0.2) is 0 Å². The number of amides is 1. The molecule has 0 atom stereocenters. The molecular weight excluding hydrogens is 276 g/mol. The zero-order chi connectivity index (χ0) is 15.9. The molecule has 0 aliphatic carbocycles. The van der Waals surface area contributed by atoms with Crippen molar-refractivity contribution in [3.05, 3.63) is 59.7 Å². The minimum absolute atomic E-state index is 0.0124. The van der Waals surface area contributed by atoms with Gasteiger partial charge in [0.25, 0.3) is 0 Å². The number of ether oxygens (including phenoxy) is 1. The number of nitrogens with zero attached hydrogens (tertiary/aromatic N) is 1. The van der Waals surface area contributed by atoms with Crippen molar-refractivity contribution in [2.24, 2.45) is 0 Å². The summed E-state index contributed by atoms with van der Waals surface area (Å²) in [5.74, 6) is 0.824. The number of carbonyl (C=O) groups excluding carboxylic acids is 1. The van der Waals surface area contributed by atoms with Crippen LogP contribution in [0.1, 0.15) is 11.1 Å². The number of hydrogen-bond acceptors (Lipinski definition) is 3. The normalized spacial score (nSPS) is 10.5. The Balaban J connectivity index is 1.85. The van der Waals surface area contributed by atoms with Crippen molar-refractivity contribution in [3.63, 3.8) is 0 Å². The van der Waals surface area contributed by atoms with Crippen molar-refractivity contribution in [2.45, 2.75) is 13.5 Å². The average Bonchev–Trinajstić information content (AvgIpc) is 2.47. The van der Waals surface area contributed by atoms with Gasteiger partial charge in [0.1, 0.15) is 5.75 Å². The van der Waals surface area contributed by atoms with Gasteiger partial charge in [-0.3, -0.25) is 9.69 Å². The van der Waals surface area contributed by atoms with Crippen molar-refractivity contribution in [3.8, 4) is 5.75 Å². The fraction of sp³-hybridized carbons (Fsp3) is 0.278. The highest BCUT2D eigenvalue weighted by Crippen LogP contribution is 2.13. The van der Waals surface area contributed by atoms with Crippen LogP contribution in [-0.4, -0.2) is 31.5 Å². The average molecular weight is 298 g/mol. The summed E-state index contributed by atoms with van der Waals surface area (Å²) in [5.41, 5.74) is 3.11. The molecule has 2 aromatic carbocycles. The predicted molar refractivity (Wildman–Crippen MR) is 89.1 cm³/mol. The van der Waals surface area contributed by atoms with Crippen LogP contribution in [-0.2, 0) is 11.3 Å². The molecule has 4 heteroatoms. The minimum atomic E-state index is -0.0124. The molecule has 0 radical (unpaired) electrons. The summed E-state index contributed by atoms with van der Waals surface area (Å²) >= 11 is 0. The second kappa shape index (κ2) is 7.61. The Bertz CT molecular complexity index is 623. The fourth-order valence-electron chi connectivity index (χ4n) is 2.27. The number of nitrogens with one attached hydrogen (secondary N) is 1. The van der Waals surface area contributed by atoms with Crippen molar-refractivity contribution in [1.29, 1.82) is 0 Å². The quantitative estimate of drug-likeness (QED) is 0.891. The van der Waals surface area contributed by atoms with Crippen LogP contribution in [0, 0.1) is 6.92 Å². The summed E-state index contributed by atoms with van der Waals surface area (Å²) in [5, 5.41) is 2.92. The molecular formula is C18H22N2O2. The van der Waals surface area contributed by atoms with E-state index in [-0.39, 0.29) is 5.91 Å². The lowest BCUT2D eigenvalue weighted by molar-refractivity contribution is -0.117. The van der Waals surface area contributed by atoms with Crippen LogP contribution in [0.15, 0.2) is 48.5 Å². The van der Waals surface area contributed by atoms with Gasteiger partial charge in [-0.05, 0) is 49.4 Å². The second-order valence-corrected chi connectivity index (χ2v) is 5.44. The second-order valence-electron chi connectivity index (χ2n) is 5.44. The maximum atomic E-state index is 12.1. The number of aryl methyl sites for hydroxylation is 1. The van der Waals surface area contributed by atoms with E-state index in [4.69, 9.17) is 4.74 Å². The molecule has 0 aromatic heterocycles. The number of methoxy groups -OCH3 is 1. The molecule has 1 N–H and O–H groups in total. The van der Waals surface area contributed by atoms with E-state index in [9.17, 15) is 4.79 Å². The molecule has 2 rings (SSSR count). The Labute approximate surface area is 131 Å². The summed E-state index contributed by atoms with van der Waals surface area (Å²) < 4.78 is 5.14. The van der Waals surface area contributed by atoms with Crippen molar-refractivity contribution in [2.75, 3.05) is 26.0 Å². The molecule has 0 heterocycles. The largest absolute Gasteiger partial charge is 0.497 e. The van der Waals surface area contributed by atoms with E-state index in [0.29, 0.717) is 13.1 Å². The topological polar surface area (TPSA) is 41.6 Å². The van der Waals surface area contributed by atoms with E-state index >= 15 is 0 Å². The zero-order valence-corrected chi connectivity index (χ0v) is 13.3. The van der Waals surface area contributed by atoms with Crippen LogP contribution in [0.25, 0.3) is 0 Å². The van der Waals surface area contributed by atoms with Crippen LogP contribution in [0.4, 0.5) is 5.69 Å². The summed E-state index contributed by atoms with van der Waals surface area (Å²) in [7, 11) is 3.58. The molecule has 0 unspecified atom stereocenters. The summed E-state index contributed by atoms with van der Waals surface area (Å²) in [6.45, 7) is 3.07. The van der Waals surface area contributed by atoms with Gasteiger partial charge in [0.2, 0.25) is 5.91 Å².